The van der Waals surface area contributed by atoms with Gasteiger partial charge in [0, 0.05) is 29.0 Å². The molecule has 2 aromatic rings. The fraction of sp³-hybridized carbons (Fsp3) is 0.231. The Balaban J connectivity index is 2.13. The summed E-state index contributed by atoms with van der Waals surface area (Å²) in [5.41, 5.74) is 7.83. The summed E-state index contributed by atoms with van der Waals surface area (Å²) in [6.45, 7) is 1.42. The standard InChI is InChI=1S/C13H14Cl2N2/c14-12-2-1-11(13(15)7-12)9-17-6-4-10(8-17)3-5-16/h1-2,4,6-8H,3,5,9,16H2. The Kier molecular flexibility index (Phi) is 4.11. The van der Waals surface area contributed by atoms with Crippen molar-refractivity contribution in [2.45, 2.75) is 13.0 Å². The molecular formula is C13H14Cl2N2. The summed E-state index contributed by atoms with van der Waals surface area (Å²) in [6, 6.07) is 7.65. The Labute approximate surface area is 111 Å². The van der Waals surface area contributed by atoms with Crippen LogP contribution < -0.4 is 5.73 Å². The van der Waals surface area contributed by atoms with Crippen LogP contribution in [0.15, 0.2) is 36.7 Å². The van der Waals surface area contributed by atoms with E-state index >= 15 is 0 Å². The van der Waals surface area contributed by atoms with Gasteiger partial charge in [0.1, 0.15) is 0 Å². The zero-order valence-electron chi connectivity index (χ0n) is 9.37. The van der Waals surface area contributed by atoms with E-state index in [0.717, 1.165) is 18.5 Å². The zero-order chi connectivity index (χ0) is 12.3. The molecule has 0 fully saturated rings. The topological polar surface area (TPSA) is 30.9 Å². The molecule has 0 aliphatic heterocycles. The molecule has 0 saturated carbocycles. The summed E-state index contributed by atoms with van der Waals surface area (Å²) in [7, 11) is 0. The minimum atomic E-state index is 0.662. The summed E-state index contributed by atoms with van der Waals surface area (Å²) in [6.07, 6.45) is 5.04. The molecule has 0 bridgehead atoms. The summed E-state index contributed by atoms with van der Waals surface area (Å²) >= 11 is 12.0. The quantitative estimate of drug-likeness (QED) is 0.906. The van der Waals surface area contributed by atoms with Gasteiger partial charge in [0.05, 0.1) is 0 Å². The maximum Gasteiger partial charge on any atom is 0.0485 e. The van der Waals surface area contributed by atoms with E-state index in [-0.39, 0.29) is 0 Å². The highest BCUT2D eigenvalue weighted by Crippen LogP contribution is 2.22. The second-order valence-electron chi connectivity index (χ2n) is 3.97. The van der Waals surface area contributed by atoms with Gasteiger partial charge in [0.15, 0.2) is 0 Å². The third-order valence-electron chi connectivity index (χ3n) is 2.61. The lowest BCUT2D eigenvalue weighted by Crippen LogP contribution is -2.02. The highest BCUT2D eigenvalue weighted by molar-refractivity contribution is 6.35. The lowest BCUT2D eigenvalue weighted by molar-refractivity contribution is 0.800. The average Bonchev–Trinajstić information content (AvgIpc) is 2.71. The molecule has 17 heavy (non-hydrogen) atoms. The third kappa shape index (κ3) is 3.25. The molecule has 0 atom stereocenters. The molecule has 90 valence electrons. The third-order valence-corrected chi connectivity index (χ3v) is 3.20. The summed E-state index contributed by atoms with van der Waals surface area (Å²) in [4.78, 5) is 0. The largest absolute Gasteiger partial charge is 0.350 e. The molecule has 2 nitrogen and oxygen atoms in total. The average molecular weight is 269 g/mol. The monoisotopic (exact) mass is 268 g/mol. The molecule has 1 aromatic heterocycles. The van der Waals surface area contributed by atoms with Crippen LogP contribution in [0.3, 0.4) is 0 Å². The number of nitrogens with zero attached hydrogens (tertiary/aromatic N) is 1. The van der Waals surface area contributed by atoms with Crippen molar-refractivity contribution in [3.05, 3.63) is 57.8 Å². The van der Waals surface area contributed by atoms with Gasteiger partial charge in [-0.05, 0) is 42.3 Å². The summed E-state index contributed by atoms with van der Waals surface area (Å²) < 4.78 is 2.10. The van der Waals surface area contributed by atoms with Gasteiger partial charge in [-0.2, -0.15) is 0 Å². The van der Waals surface area contributed by atoms with Crippen molar-refractivity contribution in [2.75, 3.05) is 6.54 Å². The number of hydrogen-bond donors (Lipinski definition) is 1. The van der Waals surface area contributed by atoms with Gasteiger partial charge in [-0.1, -0.05) is 29.3 Å². The number of hydrogen-bond acceptors (Lipinski definition) is 1. The first-order valence-corrected chi connectivity index (χ1v) is 6.23. The molecular weight excluding hydrogens is 255 g/mol. The van der Waals surface area contributed by atoms with Gasteiger partial charge in [-0.15, -0.1) is 0 Å². The van der Waals surface area contributed by atoms with Crippen molar-refractivity contribution < 1.29 is 0 Å². The lowest BCUT2D eigenvalue weighted by atomic mass is 10.2. The van der Waals surface area contributed by atoms with Crippen LogP contribution in [0.2, 0.25) is 10.0 Å². The van der Waals surface area contributed by atoms with Crippen LogP contribution in [0.25, 0.3) is 0 Å². The first kappa shape index (κ1) is 12.5. The molecule has 0 aliphatic carbocycles. The maximum atomic E-state index is 6.13. The van der Waals surface area contributed by atoms with Crippen LogP contribution in [0.5, 0.6) is 0 Å². The summed E-state index contributed by atoms with van der Waals surface area (Å²) in [5.74, 6) is 0. The molecule has 0 amide bonds. The Morgan fingerprint density at radius 2 is 2.00 bits per heavy atom. The highest BCUT2D eigenvalue weighted by atomic mass is 35.5. The molecule has 1 heterocycles. The number of halogens is 2. The van der Waals surface area contributed by atoms with Crippen LogP contribution in [0.4, 0.5) is 0 Å². The SMILES string of the molecule is NCCc1ccn(Cc2ccc(Cl)cc2Cl)c1. The van der Waals surface area contributed by atoms with Crippen LogP contribution in [-0.2, 0) is 13.0 Å². The molecule has 0 radical (unpaired) electrons. The Morgan fingerprint density at radius 1 is 1.18 bits per heavy atom. The second-order valence-corrected chi connectivity index (χ2v) is 4.81. The van der Waals surface area contributed by atoms with Gasteiger partial charge in [-0.3, -0.25) is 0 Å². The van der Waals surface area contributed by atoms with Gasteiger partial charge in [-0.25, -0.2) is 0 Å². The van der Waals surface area contributed by atoms with E-state index in [2.05, 4.69) is 16.8 Å². The predicted molar refractivity (Wildman–Crippen MR) is 72.8 cm³/mol. The van der Waals surface area contributed by atoms with Crippen LogP contribution in [0, 0.1) is 0 Å². The second kappa shape index (κ2) is 5.58. The first-order valence-electron chi connectivity index (χ1n) is 5.47. The fourth-order valence-electron chi connectivity index (χ4n) is 1.75. The molecule has 1 aromatic carbocycles. The molecule has 0 unspecified atom stereocenters. The minimum Gasteiger partial charge on any atom is -0.350 e. The van der Waals surface area contributed by atoms with E-state index in [1.165, 1.54) is 5.56 Å². The van der Waals surface area contributed by atoms with Crippen molar-refractivity contribution in [3.8, 4) is 0 Å². The van der Waals surface area contributed by atoms with Crippen molar-refractivity contribution in [2.24, 2.45) is 5.73 Å². The van der Waals surface area contributed by atoms with E-state index < -0.39 is 0 Å². The number of rotatable bonds is 4. The van der Waals surface area contributed by atoms with Crippen LogP contribution >= 0.6 is 23.2 Å². The number of nitrogens with two attached hydrogens (primary N) is 1. The first-order chi connectivity index (χ1) is 8.19. The van der Waals surface area contributed by atoms with E-state index in [1.54, 1.807) is 6.07 Å². The predicted octanol–water partition coefficient (Wildman–Crippen LogP) is 3.34. The van der Waals surface area contributed by atoms with Gasteiger partial charge in [0.25, 0.3) is 0 Å². The van der Waals surface area contributed by atoms with E-state index in [1.807, 2.05) is 18.3 Å². The molecule has 0 saturated heterocycles. The van der Waals surface area contributed by atoms with Crippen molar-refractivity contribution in [3.63, 3.8) is 0 Å². The molecule has 0 aliphatic rings. The van der Waals surface area contributed by atoms with E-state index in [9.17, 15) is 0 Å². The maximum absolute atomic E-state index is 6.13. The van der Waals surface area contributed by atoms with E-state index in [0.29, 0.717) is 16.6 Å². The lowest BCUT2D eigenvalue weighted by Gasteiger charge is -2.06. The molecule has 2 rings (SSSR count). The van der Waals surface area contributed by atoms with Gasteiger partial charge in [0.2, 0.25) is 0 Å². The highest BCUT2D eigenvalue weighted by Gasteiger charge is 2.03. The Hall–Kier alpha value is -0.960. The molecule has 4 heteroatoms. The van der Waals surface area contributed by atoms with Crippen molar-refractivity contribution in [1.82, 2.24) is 4.57 Å². The zero-order valence-corrected chi connectivity index (χ0v) is 10.9. The summed E-state index contributed by atoms with van der Waals surface area (Å²) in [5, 5.41) is 1.36. The molecule has 2 N–H and O–H groups in total. The fourth-order valence-corrected chi connectivity index (χ4v) is 2.22. The van der Waals surface area contributed by atoms with Crippen LogP contribution in [0.1, 0.15) is 11.1 Å². The minimum absolute atomic E-state index is 0.662. The van der Waals surface area contributed by atoms with Gasteiger partial charge < -0.3 is 10.3 Å². The smallest absolute Gasteiger partial charge is 0.0485 e. The number of aromatic nitrogens is 1. The number of benzene rings is 1. The Morgan fingerprint density at radius 3 is 2.71 bits per heavy atom. The van der Waals surface area contributed by atoms with Crippen molar-refractivity contribution in [1.29, 1.82) is 0 Å². The van der Waals surface area contributed by atoms with Gasteiger partial charge >= 0.3 is 0 Å². The van der Waals surface area contributed by atoms with Crippen molar-refractivity contribution >= 4 is 23.2 Å². The molecule has 0 spiro atoms. The van der Waals surface area contributed by atoms with Crippen LogP contribution in [-0.4, -0.2) is 11.1 Å². The normalized spacial score (nSPS) is 10.8. The van der Waals surface area contributed by atoms with E-state index in [4.69, 9.17) is 28.9 Å². The Bertz CT molecular complexity index is 506.